The second-order valence-corrected chi connectivity index (χ2v) is 7.89. The van der Waals surface area contributed by atoms with Gasteiger partial charge in [0.25, 0.3) is 0 Å². The van der Waals surface area contributed by atoms with Gasteiger partial charge in [-0.15, -0.1) is 0 Å². The van der Waals surface area contributed by atoms with E-state index in [1.165, 1.54) is 5.56 Å². The molecule has 1 atom stereocenters. The minimum atomic E-state index is -0.848. The largest absolute Gasteiger partial charge is 0.382 e. The van der Waals surface area contributed by atoms with Crippen LogP contribution in [0.5, 0.6) is 0 Å². The van der Waals surface area contributed by atoms with E-state index < -0.39 is 6.10 Å². The molecule has 0 saturated carbocycles. The monoisotopic (exact) mass is 440 g/mol. The number of aromatic nitrogens is 3. The molecule has 1 aromatic carbocycles. The van der Waals surface area contributed by atoms with Gasteiger partial charge in [0, 0.05) is 34.7 Å². The predicted octanol–water partition coefficient (Wildman–Crippen LogP) is 5.31. The van der Waals surface area contributed by atoms with Crippen LogP contribution in [-0.4, -0.2) is 26.6 Å². The van der Waals surface area contributed by atoms with E-state index in [1.807, 2.05) is 24.0 Å². The van der Waals surface area contributed by atoms with E-state index >= 15 is 0 Å². The summed E-state index contributed by atoms with van der Waals surface area (Å²) in [7, 11) is 0. The molecular weight excluding hydrogens is 416 g/mol. The lowest BCUT2D eigenvalue weighted by molar-refractivity contribution is 0.214. The molecule has 3 rings (SSSR count). The zero-order valence-corrected chi connectivity index (χ0v) is 18.2. The number of aliphatic hydroxyl groups is 1. The molecule has 0 spiro atoms. The first kappa shape index (κ1) is 20.4. The van der Waals surface area contributed by atoms with E-state index in [9.17, 15) is 5.11 Å². The van der Waals surface area contributed by atoms with Crippen LogP contribution in [0.25, 0.3) is 0 Å². The molecule has 146 valence electrons. The van der Waals surface area contributed by atoms with Crippen LogP contribution in [0.2, 0.25) is 0 Å². The van der Waals surface area contributed by atoms with Crippen molar-refractivity contribution >= 4 is 27.6 Å². The summed E-state index contributed by atoms with van der Waals surface area (Å²) in [6.07, 6.45) is 2.49. The third kappa shape index (κ3) is 4.39. The first-order chi connectivity index (χ1) is 13.4. The second kappa shape index (κ2) is 8.80. The van der Waals surface area contributed by atoms with Crippen molar-refractivity contribution in [2.24, 2.45) is 0 Å². The highest BCUT2D eigenvalue weighted by molar-refractivity contribution is 9.10. The Kier molecular flexibility index (Phi) is 6.42. The fraction of sp³-hybridized carbons (Fsp3) is 0.318. The van der Waals surface area contributed by atoms with Crippen LogP contribution in [0, 0.1) is 6.92 Å². The molecule has 3 aromatic rings. The number of pyridine rings is 1. The Morgan fingerprint density at radius 2 is 1.89 bits per heavy atom. The normalized spacial score (nSPS) is 12.2. The summed E-state index contributed by atoms with van der Waals surface area (Å²) in [5.41, 5.74) is 4.33. The number of aliphatic hydroxyl groups excluding tert-OH is 1. The van der Waals surface area contributed by atoms with Gasteiger partial charge in [-0.3, -0.25) is 4.98 Å². The van der Waals surface area contributed by atoms with Crippen molar-refractivity contribution < 1.29 is 5.11 Å². The van der Waals surface area contributed by atoms with Crippen molar-refractivity contribution in [2.75, 3.05) is 11.4 Å². The summed E-state index contributed by atoms with van der Waals surface area (Å²) in [5, 5.41) is 10.8. The standard InChI is InChI=1S/C22H25BrN4O/c1-5-27(20-9-8-16(14(2)3)12-18(20)23)22-25-15(4)11-19(26-22)21(28)17-7-6-10-24-13-17/h6-14,21,28H,5H2,1-4H3. The van der Waals surface area contributed by atoms with E-state index in [-0.39, 0.29) is 0 Å². The molecule has 2 heterocycles. The van der Waals surface area contributed by atoms with Gasteiger partial charge in [0.1, 0.15) is 6.10 Å². The first-order valence-electron chi connectivity index (χ1n) is 9.41. The van der Waals surface area contributed by atoms with Gasteiger partial charge in [-0.1, -0.05) is 26.0 Å². The van der Waals surface area contributed by atoms with Gasteiger partial charge in [-0.25, -0.2) is 9.97 Å². The lowest BCUT2D eigenvalue weighted by atomic mass is 10.0. The molecule has 6 heteroatoms. The molecule has 5 nitrogen and oxygen atoms in total. The van der Waals surface area contributed by atoms with Crippen molar-refractivity contribution in [2.45, 2.75) is 39.7 Å². The van der Waals surface area contributed by atoms with Crippen LogP contribution in [-0.2, 0) is 0 Å². The predicted molar refractivity (Wildman–Crippen MR) is 116 cm³/mol. The maximum atomic E-state index is 10.8. The Labute approximate surface area is 174 Å². The Balaban J connectivity index is 2.01. The minimum absolute atomic E-state index is 0.455. The van der Waals surface area contributed by atoms with E-state index in [0.29, 0.717) is 29.7 Å². The molecule has 0 aliphatic rings. The molecule has 1 unspecified atom stereocenters. The maximum Gasteiger partial charge on any atom is 0.230 e. The molecule has 0 radical (unpaired) electrons. The van der Waals surface area contributed by atoms with Gasteiger partial charge in [-0.2, -0.15) is 0 Å². The van der Waals surface area contributed by atoms with Gasteiger partial charge in [0.15, 0.2) is 0 Å². The van der Waals surface area contributed by atoms with Crippen molar-refractivity contribution in [1.82, 2.24) is 15.0 Å². The average Bonchev–Trinajstić information content (AvgIpc) is 2.69. The highest BCUT2D eigenvalue weighted by Gasteiger charge is 2.19. The Morgan fingerprint density at radius 3 is 2.50 bits per heavy atom. The summed E-state index contributed by atoms with van der Waals surface area (Å²) in [6.45, 7) is 9.02. The molecule has 0 aliphatic heterocycles. The first-order valence-corrected chi connectivity index (χ1v) is 10.2. The quantitative estimate of drug-likeness (QED) is 0.562. The minimum Gasteiger partial charge on any atom is -0.382 e. The zero-order valence-electron chi connectivity index (χ0n) is 16.6. The number of hydrogen-bond donors (Lipinski definition) is 1. The smallest absolute Gasteiger partial charge is 0.230 e. The molecule has 0 fully saturated rings. The van der Waals surface area contributed by atoms with Gasteiger partial charge in [-0.05, 0) is 65.5 Å². The SMILES string of the molecule is CCN(c1nc(C)cc(C(O)c2cccnc2)n1)c1ccc(C(C)C)cc1Br. The van der Waals surface area contributed by atoms with Gasteiger partial charge in [0.05, 0.1) is 11.4 Å². The summed E-state index contributed by atoms with van der Waals surface area (Å²) < 4.78 is 1.00. The lowest BCUT2D eigenvalue weighted by Gasteiger charge is -2.24. The van der Waals surface area contributed by atoms with Crippen molar-refractivity contribution in [3.63, 3.8) is 0 Å². The van der Waals surface area contributed by atoms with Gasteiger partial charge < -0.3 is 10.0 Å². The molecule has 0 amide bonds. The Bertz CT molecular complexity index is 947. The zero-order chi connectivity index (χ0) is 20.3. The summed E-state index contributed by atoms with van der Waals surface area (Å²) in [6, 6.07) is 11.8. The lowest BCUT2D eigenvalue weighted by Crippen LogP contribution is -2.21. The van der Waals surface area contributed by atoms with E-state index in [2.05, 4.69) is 69.9 Å². The van der Waals surface area contributed by atoms with Crippen LogP contribution >= 0.6 is 15.9 Å². The third-order valence-electron chi connectivity index (χ3n) is 4.63. The van der Waals surface area contributed by atoms with Crippen LogP contribution in [0.3, 0.4) is 0 Å². The number of anilines is 2. The highest BCUT2D eigenvalue weighted by atomic mass is 79.9. The van der Waals surface area contributed by atoms with E-state index in [1.54, 1.807) is 18.5 Å². The molecule has 0 bridgehead atoms. The summed E-state index contributed by atoms with van der Waals surface area (Å²) in [5.74, 6) is 1.02. The number of nitrogens with zero attached hydrogens (tertiary/aromatic N) is 4. The fourth-order valence-corrected chi connectivity index (χ4v) is 3.68. The topological polar surface area (TPSA) is 62.1 Å². The van der Waals surface area contributed by atoms with Crippen LogP contribution in [0.4, 0.5) is 11.6 Å². The van der Waals surface area contributed by atoms with Crippen molar-refractivity contribution in [3.05, 3.63) is 75.8 Å². The van der Waals surface area contributed by atoms with Crippen LogP contribution in [0.1, 0.15) is 55.3 Å². The number of halogens is 1. The molecular formula is C22H25BrN4O. The molecule has 0 saturated heterocycles. The maximum absolute atomic E-state index is 10.8. The van der Waals surface area contributed by atoms with Crippen LogP contribution in [0.15, 0.2) is 53.3 Å². The van der Waals surface area contributed by atoms with E-state index in [4.69, 9.17) is 0 Å². The molecule has 2 aromatic heterocycles. The fourth-order valence-electron chi connectivity index (χ4n) is 3.07. The summed E-state index contributed by atoms with van der Waals surface area (Å²) >= 11 is 3.70. The number of hydrogen-bond acceptors (Lipinski definition) is 5. The van der Waals surface area contributed by atoms with E-state index in [0.717, 1.165) is 15.9 Å². The molecule has 1 N–H and O–H groups in total. The second-order valence-electron chi connectivity index (χ2n) is 7.03. The molecule has 28 heavy (non-hydrogen) atoms. The van der Waals surface area contributed by atoms with Gasteiger partial charge >= 0.3 is 0 Å². The van der Waals surface area contributed by atoms with Crippen molar-refractivity contribution in [3.8, 4) is 0 Å². The van der Waals surface area contributed by atoms with Crippen molar-refractivity contribution in [1.29, 1.82) is 0 Å². The average molecular weight is 441 g/mol. The van der Waals surface area contributed by atoms with Gasteiger partial charge in [0.2, 0.25) is 5.95 Å². The molecule has 0 aliphatic carbocycles. The number of benzene rings is 1. The number of aryl methyl sites for hydroxylation is 1. The number of rotatable bonds is 6. The summed E-state index contributed by atoms with van der Waals surface area (Å²) in [4.78, 5) is 15.4. The third-order valence-corrected chi connectivity index (χ3v) is 5.26. The van der Waals surface area contributed by atoms with Crippen LogP contribution < -0.4 is 4.90 Å². The highest BCUT2D eigenvalue weighted by Crippen LogP contribution is 2.33. The Hall–Kier alpha value is -2.31. The Morgan fingerprint density at radius 1 is 1.11 bits per heavy atom.